The van der Waals surface area contributed by atoms with Gasteiger partial charge in [0.15, 0.2) is 5.96 Å². The third kappa shape index (κ3) is 9.84. The van der Waals surface area contributed by atoms with Crippen molar-refractivity contribution >= 4 is 59.6 Å². The number of carbonyl (C=O) groups excluding carboxylic acids is 5. The number of anilines is 2. The fourth-order valence-corrected chi connectivity index (χ4v) is 5.32. The molecule has 0 bridgehead atoms. The number of amides is 5. The number of halogens is 1. The van der Waals surface area contributed by atoms with Crippen LogP contribution in [0, 0.1) is 11.7 Å². The van der Waals surface area contributed by atoms with Crippen molar-refractivity contribution in [2.24, 2.45) is 15.9 Å². The van der Waals surface area contributed by atoms with Crippen LogP contribution in [0.25, 0.3) is 5.57 Å². The number of alkyl carbamates (subject to hydrolysis) is 1. The van der Waals surface area contributed by atoms with Gasteiger partial charge in [0.25, 0.3) is 5.91 Å². The molecule has 2 aromatic rings. The molecule has 5 amide bonds. The molecule has 0 radical (unpaired) electrons. The Bertz CT molecular complexity index is 1760. The van der Waals surface area contributed by atoms with E-state index >= 15 is 4.39 Å². The summed E-state index contributed by atoms with van der Waals surface area (Å²) in [6.07, 6.45) is 2.97. The summed E-state index contributed by atoms with van der Waals surface area (Å²) >= 11 is 0. The molecular weight excluding hydrogens is 647 g/mol. The van der Waals surface area contributed by atoms with Crippen molar-refractivity contribution in [1.82, 2.24) is 20.9 Å². The topological polar surface area (TPSA) is 183 Å². The lowest BCUT2D eigenvalue weighted by molar-refractivity contribution is -0.120. The van der Waals surface area contributed by atoms with Gasteiger partial charge in [0.1, 0.15) is 11.4 Å². The summed E-state index contributed by atoms with van der Waals surface area (Å²) in [4.78, 5) is 69.8. The number of aliphatic imine (C=N–C) groups is 2. The zero-order valence-corrected chi connectivity index (χ0v) is 28.6. The van der Waals surface area contributed by atoms with E-state index in [1.807, 2.05) is 11.0 Å². The molecule has 2 aromatic carbocycles. The van der Waals surface area contributed by atoms with Gasteiger partial charge in [-0.15, -0.1) is 0 Å². The van der Waals surface area contributed by atoms with Gasteiger partial charge in [0.2, 0.25) is 24.7 Å². The maximum absolute atomic E-state index is 15.1. The van der Waals surface area contributed by atoms with Gasteiger partial charge >= 0.3 is 6.09 Å². The minimum absolute atomic E-state index is 0.0529. The molecule has 1 atom stereocenters. The molecule has 0 spiro atoms. The monoisotopic (exact) mass is 688 g/mol. The molecule has 1 unspecified atom stereocenters. The van der Waals surface area contributed by atoms with Gasteiger partial charge in [-0.2, -0.15) is 0 Å². The van der Waals surface area contributed by atoms with Crippen LogP contribution in [-0.2, 0) is 30.5 Å². The van der Waals surface area contributed by atoms with Crippen molar-refractivity contribution in [3.8, 4) is 0 Å². The second-order valence-corrected chi connectivity index (χ2v) is 12.5. The molecule has 5 N–H and O–H groups in total. The largest absolute Gasteiger partial charge is 0.444 e. The van der Waals surface area contributed by atoms with E-state index in [2.05, 4.69) is 36.6 Å². The van der Waals surface area contributed by atoms with Gasteiger partial charge in [-0.05, 0) is 81.5 Å². The molecule has 15 heteroatoms. The fourth-order valence-electron chi connectivity index (χ4n) is 5.32. The van der Waals surface area contributed by atoms with Crippen molar-refractivity contribution in [3.63, 3.8) is 0 Å². The summed E-state index contributed by atoms with van der Waals surface area (Å²) in [5.41, 5.74) is 3.32. The average Bonchev–Trinajstić information content (AvgIpc) is 3.06. The Labute approximate surface area is 289 Å². The van der Waals surface area contributed by atoms with E-state index in [1.165, 1.54) is 12.1 Å². The molecule has 1 aliphatic carbocycles. The Morgan fingerprint density at radius 3 is 2.34 bits per heavy atom. The third-order valence-corrected chi connectivity index (χ3v) is 7.95. The summed E-state index contributed by atoms with van der Waals surface area (Å²) in [7, 11) is 1.59. The van der Waals surface area contributed by atoms with Crippen LogP contribution in [0.5, 0.6) is 0 Å². The van der Waals surface area contributed by atoms with Crippen LogP contribution in [-0.4, -0.2) is 73.3 Å². The average molecular weight is 689 g/mol. The number of benzene rings is 2. The SMILES string of the molecule is CN=C(NC=O)N1CC=C(c2ccc(NC(=O)C3CC(C(=O)Nc4ccc(CN=C(NC=O)NC(=O)OC(C)(C)C)cc4)=C3C)c(F)c2)CC1. The van der Waals surface area contributed by atoms with E-state index in [0.29, 0.717) is 60.7 Å². The third-order valence-electron chi connectivity index (χ3n) is 7.95. The normalized spacial score (nSPS) is 16.4. The molecule has 0 saturated carbocycles. The standard InChI is InChI=1S/C35H41FN8O6/c1-21-26(30(47)41-25-9-6-22(7-10-25)18-38-32(39-19-45)43-34(49)50-35(2,3)4)17-27(21)31(48)42-29-11-8-24(16-28(29)36)23-12-14-44(15-13-23)33(37-5)40-20-46/h6-12,16,19-20,27H,13-15,17-18H2,1-5H3,(H,41,47)(H,42,48)(H,37,40,46)(H2,38,39,43,45,49). The van der Waals surface area contributed by atoms with E-state index in [0.717, 1.165) is 11.1 Å². The van der Waals surface area contributed by atoms with Crippen molar-refractivity contribution in [2.45, 2.75) is 52.7 Å². The fraction of sp³-hybridized carbons (Fsp3) is 0.343. The number of hydrogen-bond donors (Lipinski definition) is 5. The maximum atomic E-state index is 15.1. The molecule has 1 aliphatic heterocycles. The molecule has 0 saturated heterocycles. The lowest BCUT2D eigenvalue weighted by atomic mass is 9.77. The molecule has 2 aliphatic rings. The van der Waals surface area contributed by atoms with Crippen LogP contribution in [0.3, 0.4) is 0 Å². The predicted octanol–water partition coefficient (Wildman–Crippen LogP) is 3.69. The van der Waals surface area contributed by atoms with Crippen molar-refractivity contribution in [1.29, 1.82) is 0 Å². The second-order valence-electron chi connectivity index (χ2n) is 12.5. The molecule has 4 rings (SSSR count). The minimum atomic E-state index is -0.764. The van der Waals surface area contributed by atoms with Gasteiger partial charge in [0, 0.05) is 31.4 Å². The molecule has 0 fully saturated rings. The first-order chi connectivity index (χ1) is 23.8. The van der Waals surface area contributed by atoms with E-state index in [-0.39, 0.29) is 30.5 Å². The highest BCUT2D eigenvalue weighted by Crippen LogP contribution is 2.36. The molecule has 50 heavy (non-hydrogen) atoms. The molecule has 14 nitrogen and oxygen atoms in total. The maximum Gasteiger partial charge on any atom is 0.414 e. The number of nitrogens with zero attached hydrogens (tertiary/aromatic N) is 3. The molecular formula is C35H41FN8O6. The first-order valence-electron chi connectivity index (χ1n) is 15.9. The Morgan fingerprint density at radius 2 is 1.76 bits per heavy atom. The molecule has 264 valence electrons. The Balaban J connectivity index is 1.30. The van der Waals surface area contributed by atoms with Gasteiger partial charge < -0.3 is 20.3 Å². The lowest BCUT2D eigenvalue weighted by Crippen LogP contribution is -2.43. The van der Waals surface area contributed by atoms with E-state index in [4.69, 9.17) is 4.74 Å². The molecule has 1 heterocycles. The zero-order chi connectivity index (χ0) is 36.4. The summed E-state index contributed by atoms with van der Waals surface area (Å²) < 4.78 is 20.2. The lowest BCUT2D eigenvalue weighted by Gasteiger charge is -2.30. The quantitative estimate of drug-likeness (QED) is 0.151. The smallest absolute Gasteiger partial charge is 0.414 e. The first kappa shape index (κ1) is 37.0. The van der Waals surface area contributed by atoms with Crippen LogP contribution in [0.4, 0.5) is 20.6 Å². The zero-order valence-electron chi connectivity index (χ0n) is 28.6. The van der Waals surface area contributed by atoms with E-state index in [9.17, 15) is 24.0 Å². The van der Waals surface area contributed by atoms with Crippen molar-refractivity contribution in [2.75, 3.05) is 30.8 Å². The van der Waals surface area contributed by atoms with Gasteiger partial charge in [-0.1, -0.05) is 29.8 Å². The highest BCUT2D eigenvalue weighted by molar-refractivity contribution is 6.08. The minimum Gasteiger partial charge on any atom is -0.444 e. The number of hydrogen-bond acceptors (Lipinski definition) is 8. The van der Waals surface area contributed by atoms with Gasteiger partial charge in [-0.25, -0.2) is 14.2 Å². The van der Waals surface area contributed by atoms with Crippen LogP contribution in [0.2, 0.25) is 0 Å². The highest BCUT2D eigenvalue weighted by Gasteiger charge is 2.36. The van der Waals surface area contributed by atoms with Crippen LogP contribution >= 0.6 is 0 Å². The number of carbonyl (C=O) groups is 5. The number of guanidine groups is 2. The summed E-state index contributed by atoms with van der Waals surface area (Å²) in [6.45, 7) is 8.06. The molecule has 0 aromatic heterocycles. The van der Waals surface area contributed by atoms with Gasteiger partial charge in [-0.3, -0.25) is 40.1 Å². The number of ether oxygens (including phenoxy) is 1. The van der Waals surface area contributed by atoms with Crippen LogP contribution in [0.1, 0.15) is 51.7 Å². The Morgan fingerprint density at radius 1 is 1.04 bits per heavy atom. The van der Waals surface area contributed by atoms with E-state index < -0.39 is 29.3 Å². The van der Waals surface area contributed by atoms with E-state index in [1.54, 1.807) is 65.1 Å². The van der Waals surface area contributed by atoms with Gasteiger partial charge in [0.05, 0.1) is 18.2 Å². The van der Waals surface area contributed by atoms with Crippen LogP contribution < -0.4 is 26.6 Å². The Hall–Kier alpha value is -5.86. The number of rotatable bonds is 9. The van der Waals surface area contributed by atoms with Crippen LogP contribution in [0.15, 0.2) is 69.7 Å². The summed E-state index contributed by atoms with van der Waals surface area (Å²) in [5, 5.41) is 12.7. The van der Waals surface area contributed by atoms with Crippen molar-refractivity contribution < 1.29 is 33.1 Å². The first-order valence-corrected chi connectivity index (χ1v) is 15.9. The summed E-state index contributed by atoms with van der Waals surface area (Å²) in [5.74, 6) is -1.49. The Kier molecular flexibility index (Phi) is 12.2. The predicted molar refractivity (Wildman–Crippen MR) is 187 cm³/mol. The van der Waals surface area contributed by atoms with Crippen molar-refractivity contribution in [3.05, 3.63) is 76.6 Å². The summed E-state index contributed by atoms with van der Waals surface area (Å²) in [6, 6.07) is 11.5. The second kappa shape index (κ2) is 16.5. The number of nitrogens with one attached hydrogen (secondary N) is 5. The highest BCUT2D eigenvalue weighted by atomic mass is 19.1.